The number of ether oxygens (including phenoxy) is 2. The maximum absolute atomic E-state index is 11.7. The SMILES string of the molecule is Oc1ccc([C@H]2Oc3cc(O)cc(O)c3[C@H](c3c(O)cc(O)c4c3O[C@@H](c3ccc(O)cc3)[C@@H](O)C4)[C@H]2O)cc1. The molecule has 206 valence electrons. The average molecular weight is 547 g/mol. The fourth-order valence-electron chi connectivity index (χ4n) is 5.60. The minimum Gasteiger partial charge on any atom is -0.508 e. The minimum absolute atomic E-state index is 0.00114. The van der Waals surface area contributed by atoms with Crippen molar-refractivity contribution >= 4 is 0 Å². The quantitative estimate of drug-likeness (QED) is 0.189. The Labute approximate surface area is 227 Å². The Morgan fingerprint density at radius 3 is 1.77 bits per heavy atom. The van der Waals surface area contributed by atoms with Gasteiger partial charge in [0, 0.05) is 41.3 Å². The lowest BCUT2D eigenvalue weighted by Gasteiger charge is -2.40. The number of fused-ring (bicyclic) bond motifs is 2. The first-order valence-corrected chi connectivity index (χ1v) is 12.5. The van der Waals surface area contributed by atoms with E-state index < -0.39 is 41.8 Å². The van der Waals surface area contributed by atoms with Crippen LogP contribution in [0.3, 0.4) is 0 Å². The van der Waals surface area contributed by atoms with Gasteiger partial charge in [-0.3, -0.25) is 0 Å². The highest BCUT2D eigenvalue weighted by atomic mass is 16.5. The molecule has 4 aromatic carbocycles. The molecule has 4 aromatic rings. The van der Waals surface area contributed by atoms with Crippen molar-refractivity contribution in [2.24, 2.45) is 0 Å². The van der Waals surface area contributed by atoms with Crippen LogP contribution in [0.15, 0.2) is 66.7 Å². The predicted octanol–water partition coefficient (Wildman–Crippen LogP) is 3.58. The van der Waals surface area contributed by atoms with E-state index in [1.54, 1.807) is 24.3 Å². The Balaban J connectivity index is 1.55. The predicted molar refractivity (Wildman–Crippen MR) is 140 cm³/mol. The molecular weight excluding hydrogens is 520 g/mol. The molecule has 2 aliphatic rings. The number of aromatic hydroxyl groups is 6. The third-order valence-electron chi connectivity index (χ3n) is 7.46. The first-order chi connectivity index (χ1) is 19.1. The maximum atomic E-state index is 11.7. The first kappa shape index (κ1) is 25.5. The second-order valence-corrected chi connectivity index (χ2v) is 10.0. The van der Waals surface area contributed by atoms with Crippen LogP contribution in [0.25, 0.3) is 0 Å². The van der Waals surface area contributed by atoms with Gasteiger partial charge in [0.15, 0.2) is 6.10 Å². The van der Waals surface area contributed by atoms with Crippen molar-refractivity contribution in [1.82, 2.24) is 0 Å². The van der Waals surface area contributed by atoms with Crippen molar-refractivity contribution < 1.29 is 50.3 Å². The van der Waals surface area contributed by atoms with Crippen LogP contribution in [0.5, 0.6) is 46.0 Å². The van der Waals surface area contributed by atoms with Crippen molar-refractivity contribution in [2.75, 3.05) is 0 Å². The van der Waals surface area contributed by atoms with E-state index in [0.29, 0.717) is 11.1 Å². The molecule has 8 N–H and O–H groups in total. The van der Waals surface area contributed by atoms with E-state index in [9.17, 15) is 40.9 Å². The van der Waals surface area contributed by atoms with Gasteiger partial charge in [-0.25, -0.2) is 0 Å². The van der Waals surface area contributed by atoms with Crippen molar-refractivity contribution in [3.63, 3.8) is 0 Å². The van der Waals surface area contributed by atoms with Gasteiger partial charge in [-0.15, -0.1) is 0 Å². The lowest BCUT2D eigenvalue weighted by molar-refractivity contribution is 0.00124. The molecule has 10 nitrogen and oxygen atoms in total. The molecule has 5 atom stereocenters. The summed E-state index contributed by atoms with van der Waals surface area (Å²) in [6.45, 7) is 0. The zero-order valence-electron chi connectivity index (χ0n) is 20.8. The summed E-state index contributed by atoms with van der Waals surface area (Å²) in [5.41, 5.74) is 1.28. The zero-order valence-corrected chi connectivity index (χ0v) is 20.8. The molecule has 0 bridgehead atoms. The molecular formula is C30H26O10. The number of phenols is 6. The Bertz CT molecular complexity index is 1580. The van der Waals surface area contributed by atoms with Gasteiger partial charge in [0.05, 0.1) is 12.0 Å². The molecule has 10 heteroatoms. The van der Waals surface area contributed by atoms with E-state index in [1.807, 2.05) is 0 Å². The van der Waals surface area contributed by atoms with Gasteiger partial charge in [0.25, 0.3) is 0 Å². The largest absolute Gasteiger partial charge is 0.508 e. The summed E-state index contributed by atoms with van der Waals surface area (Å²) in [4.78, 5) is 0. The van der Waals surface area contributed by atoms with Crippen LogP contribution in [-0.4, -0.2) is 53.1 Å². The van der Waals surface area contributed by atoms with Gasteiger partial charge in [-0.05, 0) is 35.4 Å². The third kappa shape index (κ3) is 4.14. The molecule has 0 aromatic heterocycles. The smallest absolute Gasteiger partial charge is 0.150 e. The van der Waals surface area contributed by atoms with Crippen LogP contribution in [-0.2, 0) is 6.42 Å². The molecule has 0 fully saturated rings. The van der Waals surface area contributed by atoms with Gasteiger partial charge in [-0.2, -0.15) is 0 Å². The Kier molecular flexibility index (Phi) is 6.01. The highest BCUT2D eigenvalue weighted by Crippen LogP contribution is 2.57. The molecule has 0 unspecified atom stereocenters. The normalized spacial score (nSPS) is 23.4. The van der Waals surface area contributed by atoms with Crippen molar-refractivity contribution in [2.45, 2.75) is 36.8 Å². The standard InChI is InChI=1S/C30H26O10/c31-15-5-1-13(2-6-15)28-22(37)11-18-19(34)12-21(36)25(30(18)40-28)26-24-20(35)9-17(33)10-23(24)39-29(27(26)38)14-3-7-16(32)8-4-14/h1-10,12,22,26-29,31-38H,11H2/t22-,26+,27+,28-,29+/m0/s1. The molecule has 40 heavy (non-hydrogen) atoms. The van der Waals surface area contributed by atoms with Gasteiger partial charge < -0.3 is 50.3 Å². The van der Waals surface area contributed by atoms with E-state index >= 15 is 0 Å². The fraction of sp³-hybridized carbons (Fsp3) is 0.200. The Morgan fingerprint density at radius 1 is 0.575 bits per heavy atom. The van der Waals surface area contributed by atoms with E-state index in [4.69, 9.17) is 9.47 Å². The highest BCUT2D eigenvalue weighted by Gasteiger charge is 2.46. The van der Waals surface area contributed by atoms with Gasteiger partial charge in [0.2, 0.25) is 0 Å². The average Bonchev–Trinajstić information content (AvgIpc) is 2.91. The number of hydrogen-bond donors (Lipinski definition) is 8. The summed E-state index contributed by atoms with van der Waals surface area (Å²) >= 11 is 0. The van der Waals surface area contributed by atoms with Crippen LogP contribution in [0.1, 0.15) is 45.9 Å². The number of benzene rings is 4. The van der Waals surface area contributed by atoms with Crippen LogP contribution in [0, 0.1) is 0 Å². The van der Waals surface area contributed by atoms with E-state index in [2.05, 4.69) is 0 Å². The third-order valence-corrected chi connectivity index (χ3v) is 7.46. The molecule has 0 saturated heterocycles. The maximum Gasteiger partial charge on any atom is 0.150 e. The molecule has 6 rings (SSSR count). The molecule has 0 aliphatic carbocycles. The molecule has 0 saturated carbocycles. The number of phenolic OH excluding ortho intramolecular Hbond substituents is 6. The highest BCUT2D eigenvalue weighted by molar-refractivity contribution is 5.65. The second-order valence-electron chi connectivity index (χ2n) is 10.0. The van der Waals surface area contributed by atoms with E-state index in [-0.39, 0.29) is 57.6 Å². The number of aliphatic hydroxyl groups excluding tert-OH is 2. The van der Waals surface area contributed by atoms with E-state index in [0.717, 1.165) is 12.1 Å². The Morgan fingerprint density at radius 2 is 1.15 bits per heavy atom. The molecule has 0 radical (unpaired) electrons. The molecule has 2 aliphatic heterocycles. The molecule has 0 spiro atoms. The van der Waals surface area contributed by atoms with Gasteiger partial charge in [0.1, 0.15) is 58.2 Å². The topological polar surface area (TPSA) is 180 Å². The lowest BCUT2D eigenvalue weighted by Crippen LogP contribution is -2.36. The minimum atomic E-state index is -1.44. The second kappa shape index (κ2) is 9.44. The van der Waals surface area contributed by atoms with E-state index in [1.165, 1.54) is 30.3 Å². The van der Waals surface area contributed by atoms with Gasteiger partial charge in [-0.1, -0.05) is 24.3 Å². The number of rotatable bonds is 3. The summed E-state index contributed by atoms with van der Waals surface area (Å²) in [6, 6.07) is 15.4. The van der Waals surface area contributed by atoms with Crippen LogP contribution in [0.2, 0.25) is 0 Å². The van der Waals surface area contributed by atoms with Gasteiger partial charge >= 0.3 is 0 Å². The number of aliphatic hydroxyl groups is 2. The van der Waals surface area contributed by atoms with Crippen LogP contribution < -0.4 is 9.47 Å². The summed E-state index contributed by atoms with van der Waals surface area (Å²) in [5, 5.41) is 85.1. The van der Waals surface area contributed by atoms with Crippen molar-refractivity contribution in [1.29, 1.82) is 0 Å². The summed E-state index contributed by atoms with van der Waals surface area (Å²) in [5.74, 6) is -2.59. The molecule has 2 heterocycles. The fourth-order valence-corrected chi connectivity index (χ4v) is 5.60. The van der Waals surface area contributed by atoms with Crippen LogP contribution >= 0.6 is 0 Å². The van der Waals surface area contributed by atoms with Crippen molar-refractivity contribution in [3.8, 4) is 46.0 Å². The lowest BCUT2D eigenvalue weighted by atomic mass is 9.77. The number of hydrogen-bond acceptors (Lipinski definition) is 10. The first-order valence-electron chi connectivity index (χ1n) is 12.5. The van der Waals surface area contributed by atoms with Crippen molar-refractivity contribution in [3.05, 3.63) is 94.5 Å². The summed E-state index contributed by atoms with van der Waals surface area (Å²) in [6.07, 6.45) is -4.61. The summed E-state index contributed by atoms with van der Waals surface area (Å²) in [7, 11) is 0. The Hall–Kier alpha value is -4.80. The summed E-state index contributed by atoms with van der Waals surface area (Å²) < 4.78 is 12.3. The monoisotopic (exact) mass is 546 g/mol. The zero-order chi connectivity index (χ0) is 28.3. The van der Waals surface area contributed by atoms with Crippen LogP contribution in [0.4, 0.5) is 0 Å². The molecule has 0 amide bonds.